The molecule has 0 aliphatic rings. The summed E-state index contributed by atoms with van der Waals surface area (Å²) in [6.45, 7) is 1.39. The van der Waals surface area contributed by atoms with Gasteiger partial charge in [0.05, 0.1) is 31.8 Å². The Morgan fingerprint density at radius 2 is 1.76 bits per heavy atom. The molecular formula is C19H22Cl2N2O5S. The average molecular weight is 461 g/mol. The van der Waals surface area contributed by atoms with Crippen molar-refractivity contribution >= 4 is 39.1 Å². The van der Waals surface area contributed by atoms with Crippen LogP contribution in [-0.2, 0) is 14.8 Å². The molecule has 0 saturated heterocycles. The lowest BCUT2D eigenvalue weighted by molar-refractivity contribution is -0.121. The number of nitrogens with one attached hydrogen (secondary N) is 1. The fourth-order valence-electron chi connectivity index (χ4n) is 2.62. The van der Waals surface area contributed by atoms with E-state index in [4.69, 9.17) is 32.7 Å². The molecule has 0 saturated carbocycles. The first kappa shape index (κ1) is 23.3. The highest BCUT2D eigenvalue weighted by molar-refractivity contribution is 7.89. The number of carbonyl (C=O) groups excluding carboxylic acids is 1. The zero-order chi connectivity index (χ0) is 21.8. The molecule has 1 N–H and O–H groups in total. The minimum Gasteiger partial charge on any atom is -0.493 e. The zero-order valence-electron chi connectivity index (χ0n) is 16.4. The third kappa shape index (κ3) is 5.54. The van der Waals surface area contributed by atoms with Crippen LogP contribution in [0.25, 0.3) is 0 Å². The van der Waals surface area contributed by atoms with Gasteiger partial charge >= 0.3 is 0 Å². The number of benzene rings is 2. The summed E-state index contributed by atoms with van der Waals surface area (Å²) in [5, 5.41) is 3.02. The quantitative estimate of drug-likeness (QED) is 0.651. The Morgan fingerprint density at radius 1 is 1.10 bits per heavy atom. The van der Waals surface area contributed by atoms with Crippen LogP contribution < -0.4 is 14.8 Å². The first-order chi connectivity index (χ1) is 13.6. The Balaban J connectivity index is 2.11. The molecule has 0 aliphatic carbocycles. The summed E-state index contributed by atoms with van der Waals surface area (Å²) >= 11 is 11.9. The van der Waals surface area contributed by atoms with Crippen LogP contribution in [-0.4, -0.2) is 46.4 Å². The van der Waals surface area contributed by atoms with Gasteiger partial charge in [0.25, 0.3) is 0 Å². The monoisotopic (exact) mass is 460 g/mol. The first-order valence-electron chi connectivity index (χ1n) is 8.52. The van der Waals surface area contributed by atoms with Gasteiger partial charge < -0.3 is 14.8 Å². The second-order valence-electron chi connectivity index (χ2n) is 6.24. The molecule has 1 amide bonds. The molecule has 0 aromatic heterocycles. The van der Waals surface area contributed by atoms with Gasteiger partial charge in [0, 0.05) is 12.1 Å². The van der Waals surface area contributed by atoms with Crippen molar-refractivity contribution in [3.63, 3.8) is 0 Å². The lowest BCUT2D eigenvalue weighted by Crippen LogP contribution is -2.39. The number of ether oxygens (including phenoxy) is 2. The van der Waals surface area contributed by atoms with Crippen molar-refractivity contribution in [1.82, 2.24) is 9.62 Å². The number of hydrogen-bond donors (Lipinski definition) is 1. The standard InChI is InChI=1S/C19H22Cl2N2O5S/c1-12(13-5-8-16(27-3)17(9-13)28-4)22-19(24)11-23(2)29(25,26)18-10-14(20)6-7-15(18)21/h5-10,12H,11H2,1-4H3,(H,22,24)/t12-/m1/s1. The molecular weight excluding hydrogens is 439 g/mol. The van der Waals surface area contributed by atoms with Gasteiger partial charge in [-0.05, 0) is 42.8 Å². The number of halogens is 2. The molecule has 0 fully saturated rings. The van der Waals surface area contributed by atoms with Crippen LogP contribution in [0.2, 0.25) is 10.0 Å². The normalized spacial score (nSPS) is 12.5. The summed E-state index contributed by atoms with van der Waals surface area (Å²) < 4.78 is 36.8. The van der Waals surface area contributed by atoms with Crippen LogP contribution in [0.3, 0.4) is 0 Å². The smallest absolute Gasteiger partial charge is 0.244 e. The van der Waals surface area contributed by atoms with E-state index >= 15 is 0 Å². The second kappa shape index (κ2) is 9.67. The van der Waals surface area contributed by atoms with E-state index in [9.17, 15) is 13.2 Å². The van der Waals surface area contributed by atoms with Crippen LogP contribution in [0.1, 0.15) is 18.5 Å². The molecule has 29 heavy (non-hydrogen) atoms. The second-order valence-corrected chi connectivity index (χ2v) is 9.10. The van der Waals surface area contributed by atoms with E-state index < -0.39 is 15.9 Å². The Labute approximate surface area is 180 Å². The maximum Gasteiger partial charge on any atom is 0.244 e. The summed E-state index contributed by atoms with van der Waals surface area (Å²) in [5.74, 6) is 0.622. The maximum atomic E-state index is 12.7. The van der Waals surface area contributed by atoms with E-state index in [1.54, 1.807) is 25.1 Å². The Morgan fingerprint density at radius 3 is 2.38 bits per heavy atom. The van der Waals surface area contributed by atoms with Crippen LogP contribution in [0.5, 0.6) is 11.5 Å². The van der Waals surface area contributed by atoms with Crippen LogP contribution in [0.15, 0.2) is 41.3 Å². The van der Waals surface area contributed by atoms with Crippen LogP contribution >= 0.6 is 23.2 Å². The van der Waals surface area contributed by atoms with E-state index in [-0.39, 0.29) is 27.5 Å². The lowest BCUT2D eigenvalue weighted by Gasteiger charge is -2.20. The van der Waals surface area contributed by atoms with Crippen LogP contribution in [0, 0.1) is 0 Å². The van der Waals surface area contributed by atoms with Gasteiger partial charge in [0.15, 0.2) is 11.5 Å². The molecule has 0 heterocycles. The van der Waals surface area contributed by atoms with Crippen molar-refractivity contribution in [2.24, 2.45) is 0 Å². The lowest BCUT2D eigenvalue weighted by atomic mass is 10.1. The maximum absolute atomic E-state index is 12.7. The fraction of sp³-hybridized carbons (Fsp3) is 0.316. The third-order valence-electron chi connectivity index (χ3n) is 4.23. The molecule has 0 bridgehead atoms. The highest BCUT2D eigenvalue weighted by Crippen LogP contribution is 2.30. The molecule has 2 aromatic rings. The summed E-state index contributed by atoms with van der Waals surface area (Å²) in [4.78, 5) is 12.3. The number of likely N-dealkylation sites (N-methyl/N-ethyl adjacent to an activating group) is 1. The van der Waals surface area contributed by atoms with Crippen molar-refractivity contribution in [3.05, 3.63) is 52.0 Å². The third-order valence-corrected chi connectivity index (χ3v) is 6.75. The minimum absolute atomic E-state index is 0.0281. The van der Waals surface area contributed by atoms with Gasteiger partial charge in [-0.2, -0.15) is 4.31 Å². The van der Waals surface area contributed by atoms with Gasteiger partial charge in [-0.3, -0.25) is 4.79 Å². The molecule has 0 aliphatic heterocycles. The van der Waals surface area contributed by atoms with Crippen molar-refractivity contribution in [2.45, 2.75) is 17.9 Å². The number of hydrogen-bond acceptors (Lipinski definition) is 5. The molecule has 0 radical (unpaired) electrons. The molecule has 0 spiro atoms. The molecule has 2 aromatic carbocycles. The van der Waals surface area contributed by atoms with E-state index in [1.807, 2.05) is 0 Å². The average Bonchev–Trinajstić information content (AvgIpc) is 2.68. The molecule has 0 unspecified atom stereocenters. The van der Waals surface area contributed by atoms with Gasteiger partial charge in [-0.15, -0.1) is 0 Å². The van der Waals surface area contributed by atoms with E-state index in [2.05, 4.69) is 5.32 Å². The number of carbonyl (C=O) groups is 1. The summed E-state index contributed by atoms with van der Waals surface area (Å²) in [6.07, 6.45) is 0. The van der Waals surface area contributed by atoms with Crippen molar-refractivity contribution in [3.8, 4) is 11.5 Å². The number of methoxy groups -OCH3 is 2. The molecule has 10 heteroatoms. The molecule has 1 atom stereocenters. The number of amides is 1. The highest BCUT2D eigenvalue weighted by Gasteiger charge is 2.26. The molecule has 158 valence electrons. The van der Waals surface area contributed by atoms with Crippen molar-refractivity contribution < 1.29 is 22.7 Å². The summed E-state index contributed by atoms with van der Waals surface area (Å²) in [6, 6.07) is 9.01. The minimum atomic E-state index is -3.99. The number of sulfonamides is 1. The summed E-state index contributed by atoms with van der Waals surface area (Å²) in [7, 11) is 0.364. The van der Waals surface area contributed by atoms with Gasteiger partial charge in [0.2, 0.25) is 15.9 Å². The van der Waals surface area contributed by atoms with E-state index in [0.717, 1.165) is 9.87 Å². The van der Waals surface area contributed by atoms with Gasteiger partial charge in [0.1, 0.15) is 4.90 Å². The Bertz CT molecular complexity index is 998. The van der Waals surface area contributed by atoms with E-state index in [1.165, 1.54) is 39.5 Å². The first-order valence-corrected chi connectivity index (χ1v) is 10.7. The Hall–Kier alpha value is -2.00. The van der Waals surface area contributed by atoms with Gasteiger partial charge in [-0.25, -0.2) is 8.42 Å². The van der Waals surface area contributed by atoms with E-state index in [0.29, 0.717) is 11.5 Å². The topological polar surface area (TPSA) is 84.9 Å². The van der Waals surface area contributed by atoms with Crippen LogP contribution in [0.4, 0.5) is 0 Å². The zero-order valence-corrected chi connectivity index (χ0v) is 18.7. The number of nitrogens with zero attached hydrogens (tertiary/aromatic N) is 1. The van der Waals surface area contributed by atoms with Gasteiger partial charge in [-0.1, -0.05) is 29.3 Å². The molecule has 2 rings (SSSR count). The largest absolute Gasteiger partial charge is 0.493 e. The SMILES string of the molecule is COc1ccc([C@@H](C)NC(=O)CN(C)S(=O)(=O)c2cc(Cl)ccc2Cl)cc1OC. The van der Waals surface area contributed by atoms with Crippen molar-refractivity contribution in [1.29, 1.82) is 0 Å². The Kier molecular flexibility index (Phi) is 7.76. The predicted octanol–water partition coefficient (Wildman–Crippen LogP) is 3.51. The summed E-state index contributed by atoms with van der Waals surface area (Å²) in [5.41, 5.74) is 0.777. The fourth-order valence-corrected chi connectivity index (χ4v) is 4.48. The molecule has 7 nitrogen and oxygen atoms in total. The predicted molar refractivity (Wildman–Crippen MR) is 112 cm³/mol. The highest BCUT2D eigenvalue weighted by atomic mass is 35.5. The van der Waals surface area contributed by atoms with Crippen molar-refractivity contribution in [2.75, 3.05) is 27.8 Å². The number of rotatable bonds is 8.